The lowest BCUT2D eigenvalue weighted by Crippen LogP contribution is -2.32. The van der Waals surface area contributed by atoms with Crippen LogP contribution in [0.4, 0.5) is 0 Å². The number of aromatic nitrogens is 2. The predicted molar refractivity (Wildman–Crippen MR) is 157 cm³/mol. The molecule has 1 amide bonds. The number of hydrogen-bond acceptors (Lipinski definition) is 6. The van der Waals surface area contributed by atoms with Crippen LogP contribution in [0.3, 0.4) is 0 Å². The van der Waals surface area contributed by atoms with Crippen LogP contribution in [0.1, 0.15) is 54.0 Å². The minimum atomic E-state index is -3.68. The third-order valence-corrected chi connectivity index (χ3v) is 8.14. The highest BCUT2D eigenvalue weighted by Crippen LogP contribution is 2.24. The fraction of sp³-hybridized carbons (Fsp3) is 0.286. The molecule has 0 fully saturated rings. The quantitative estimate of drug-likeness (QED) is 0.204. The van der Waals surface area contributed by atoms with Crippen LogP contribution in [0.5, 0.6) is 5.75 Å². The number of hydrogen-bond donors (Lipinski definition) is 2. The zero-order valence-corrected chi connectivity index (χ0v) is 24.2. The lowest BCUT2D eigenvalue weighted by atomic mass is 10.1. The molecule has 4 N–H and O–H groups in total. The van der Waals surface area contributed by atoms with Gasteiger partial charge in [-0.25, -0.2) is 18.1 Å². The van der Waals surface area contributed by atoms with Gasteiger partial charge in [0.15, 0.2) is 0 Å². The first kappa shape index (κ1) is 30.4. The maximum Gasteiger partial charge on any atom is 0.264 e. The van der Waals surface area contributed by atoms with Crippen LogP contribution in [0, 0.1) is 0 Å². The Labute approximate surface area is 238 Å². The molecule has 0 atom stereocenters. The number of imidazole rings is 1. The van der Waals surface area contributed by atoms with E-state index >= 15 is 0 Å². The highest BCUT2D eigenvalue weighted by atomic mass is 35.5. The molecule has 0 bridgehead atoms. The summed E-state index contributed by atoms with van der Waals surface area (Å²) >= 11 is 12.1. The zero-order valence-electron chi connectivity index (χ0n) is 21.9. The van der Waals surface area contributed by atoms with E-state index in [-0.39, 0.29) is 17.5 Å². The summed E-state index contributed by atoms with van der Waals surface area (Å²) < 4.78 is 34.5. The number of carbonyl (C=O) groups is 1. The molecule has 3 aromatic carbocycles. The van der Waals surface area contributed by atoms with Crippen LogP contribution in [0.2, 0.25) is 10.0 Å². The highest BCUT2D eigenvalue weighted by molar-refractivity contribution is 7.90. The first-order valence-corrected chi connectivity index (χ1v) is 14.8. The van der Waals surface area contributed by atoms with Gasteiger partial charge in [0.2, 0.25) is 10.0 Å². The summed E-state index contributed by atoms with van der Waals surface area (Å²) in [4.78, 5) is 17.4. The Morgan fingerprint density at radius 3 is 2.36 bits per heavy atom. The molecule has 4 aromatic rings. The first-order valence-electron chi connectivity index (χ1n) is 12.4. The Hall–Kier alpha value is -3.11. The van der Waals surface area contributed by atoms with Crippen molar-refractivity contribution in [3.8, 4) is 5.75 Å². The van der Waals surface area contributed by atoms with Gasteiger partial charge in [-0.2, -0.15) is 0 Å². The van der Waals surface area contributed by atoms with E-state index in [1.165, 1.54) is 0 Å². The number of ether oxygens (including phenoxy) is 1. The van der Waals surface area contributed by atoms with Crippen molar-refractivity contribution >= 4 is 50.2 Å². The van der Waals surface area contributed by atoms with Crippen LogP contribution >= 0.6 is 23.2 Å². The topological polar surface area (TPSA) is 125 Å². The minimum Gasteiger partial charge on any atom is -0.489 e. The molecular formula is C28H32Cl2N4O4S. The maximum atomic E-state index is 12.7. The van der Waals surface area contributed by atoms with Gasteiger partial charge in [-0.15, -0.1) is 0 Å². The second-order valence-electron chi connectivity index (χ2n) is 8.96. The minimum absolute atomic E-state index is 0. The Bertz CT molecular complexity index is 1550. The SMILES string of the molecule is CCCCS(=O)(=O)NC(=O)c1ccc2nc(CC)n(Cc3ccc(OCc4ccc(Cl)c(Cl)c4)cc3)c2c1.N. The number of rotatable bonds is 11. The molecule has 0 aliphatic carbocycles. The number of nitrogens with zero attached hydrogens (tertiary/aromatic N) is 2. The van der Waals surface area contributed by atoms with Crippen LogP contribution in [0.15, 0.2) is 60.7 Å². The molecule has 208 valence electrons. The van der Waals surface area contributed by atoms with E-state index in [0.29, 0.717) is 41.8 Å². The number of amides is 1. The first-order chi connectivity index (χ1) is 18.2. The molecule has 39 heavy (non-hydrogen) atoms. The van der Waals surface area contributed by atoms with E-state index in [4.69, 9.17) is 32.9 Å². The summed E-state index contributed by atoms with van der Waals surface area (Å²) in [5.41, 5.74) is 3.72. The van der Waals surface area contributed by atoms with Crippen molar-refractivity contribution in [1.29, 1.82) is 0 Å². The van der Waals surface area contributed by atoms with Gasteiger partial charge >= 0.3 is 0 Å². The van der Waals surface area contributed by atoms with Gasteiger partial charge in [-0.3, -0.25) is 4.79 Å². The lowest BCUT2D eigenvalue weighted by molar-refractivity contribution is 0.0981. The fourth-order valence-corrected chi connectivity index (χ4v) is 5.51. The molecule has 4 rings (SSSR count). The number of unbranched alkanes of at least 4 members (excludes halogenated alkanes) is 1. The van der Waals surface area contributed by atoms with Crippen molar-refractivity contribution in [1.82, 2.24) is 20.4 Å². The van der Waals surface area contributed by atoms with Gasteiger partial charge in [0.05, 0.1) is 26.8 Å². The standard InChI is InChI=1S/C28H29Cl2N3O4S.H3N/c1-3-5-14-38(35,36)32-28(34)21-9-13-25-26(16-21)33(27(4-2)31-25)17-19-6-10-22(11-7-19)37-18-20-8-12-23(29)24(30)15-20;/h6-13,15-16H,3-5,14,17-18H2,1-2H3,(H,32,34);1H3. The molecule has 0 aliphatic heterocycles. The number of aryl methyl sites for hydroxylation is 1. The van der Waals surface area contributed by atoms with Crippen molar-refractivity contribution in [2.24, 2.45) is 0 Å². The number of sulfonamides is 1. The lowest BCUT2D eigenvalue weighted by Gasteiger charge is -2.11. The zero-order chi connectivity index (χ0) is 27.3. The average molecular weight is 592 g/mol. The summed E-state index contributed by atoms with van der Waals surface area (Å²) in [6.07, 6.45) is 1.92. The second kappa shape index (κ2) is 13.3. The Morgan fingerprint density at radius 2 is 1.69 bits per heavy atom. The van der Waals surface area contributed by atoms with Crippen molar-refractivity contribution in [2.45, 2.75) is 46.3 Å². The Balaban J connectivity index is 0.00000420. The molecule has 0 spiro atoms. The smallest absolute Gasteiger partial charge is 0.264 e. The van der Waals surface area contributed by atoms with E-state index in [2.05, 4.69) is 4.72 Å². The van der Waals surface area contributed by atoms with Crippen LogP contribution in [-0.4, -0.2) is 29.6 Å². The number of halogens is 2. The number of benzene rings is 3. The van der Waals surface area contributed by atoms with E-state index in [1.54, 1.807) is 30.3 Å². The number of fused-ring (bicyclic) bond motifs is 1. The third-order valence-electron chi connectivity index (χ3n) is 6.07. The monoisotopic (exact) mass is 590 g/mol. The molecule has 8 nitrogen and oxygen atoms in total. The molecular weight excluding hydrogens is 559 g/mol. The Kier molecular flexibility index (Phi) is 10.4. The van der Waals surface area contributed by atoms with Crippen LogP contribution in [-0.2, 0) is 29.6 Å². The third kappa shape index (κ3) is 7.73. The van der Waals surface area contributed by atoms with Crippen molar-refractivity contribution < 1.29 is 17.9 Å². The summed E-state index contributed by atoms with van der Waals surface area (Å²) in [5.74, 6) is 0.863. The van der Waals surface area contributed by atoms with Crippen molar-refractivity contribution in [2.75, 3.05) is 5.75 Å². The molecule has 0 radical (unpaired) electrons. The molecule has 0 saturated carbocycles. The normalized spacial score (nSPS) is 11.3. The van der Waals surface area contributed by atoms with E-state index in [0.717, 1.165) is 34.4 Å². The van der Waals surface area contributed by atoms with E-state index in [9.17, 15) is 13.2 Å². The average Bonchev–Trinajstić information content (AvgIpc) is 3.25. The number of nitrogens with one attached hydrogen (secondary N) is 1. The van der Waals surface area contributed by atoms with Crippen LogP contribution < -0.4 is 15.6 Å². The summed E-state index contributed by atoms with van der Waals surface area (Å²) in [7, 11) is -3.68. The summed E-state index contributed by atoms with van der Waals surface area (Å²) in [6, 6.07) is 18.2. The predicted octanol–water partition coefficient (Wildman–Crippen LogP) is 6.55. The maximum absolute atomic E-state index is 12.7. The molecule has 1 aromatic heterocycles. The summed E-state index contributed by atoms with van der Waals surface area (Å²) in [6.45, 7) is 4.82. The second-order valence-corrected chi connectivity index (χ2v) is 11.6. The van der Waals surface area contributed by atoms with E-state index in [1.807, 2.05) is 48.7 Å². The molecule has 11 heteroatoms. The van der Waals surface area contributed by atoms with Gasteiger partial charge < -0.3 is 15.5 Å². The van der Waals surface area contributed by atoms with Gasteiger partial charge in [0.1, 0.15) is 18.2 Å². The molecule has 0 unspecified atom stereocenters. The van der Waals surface area contributed by atoms with Crippen molar-refractivity contribution in [3.63, 3.8) is 0 Å². The van der Waals surface area contributed by atoms with Gasteiger partial charge in [-0.05, 0) is 60.0 Å². The summed E-state index contributed by atoms with van der Waals surface area (Å²) in [5, 5.41) is 0.990. The van der Waals surface area contributed by atoms with Crippen molar-refractivity contribution in [3.05, 3.63) is 93.2 Å². The largest absolute Gasteiger partial charge is 0.489 e. The van der Waals surface area contributed by atoms with Gasteiger partial charge in [-0.1, -0.05) is 61.7 Å². The molecule has 0 aliphatic rings. The fourth-order valence-electron chi connectivity index (χ4n) is 4.02. The van der Waals surface area contributed by atoms with Crippen LogP contribution in [0.25, 0.3) is 11.0 Å². The van der Waals surface area contributed by atoms with Gasteiger partial charge in [0.25, 0.3) is 5.91 Å². The molecule has 0 saturated heterocycles. The highest BCUT2D eigenvalue weighted by Gasteiger charge is 2.18. The number of carbonyl (C=O) groups excluding carboxylic acids is 1. The Morgan fingerprint density at radius 1 is 0.974 bits per heavy atom. The molecule has 1 heterocycles. The van der Waals surface area contributed by atoms with E-state index < -0.39 is 15.9 Å². The van der Waals surface area contributed by atoms with Gasteiger partial charge in [0, 0.05) is 18.5 Å².